The molecule has 0 saturated heterocycles. The van der Waals surface area contributed by atoms with Crippen LogP contribution in [0.1, 0.15) is 55.1 Å². The van der Waals surface area contributed by atoms with Crippen LogP contribution in [0.25, 0.3) is 11.3 Å². The summed E-state index contributed by atoms with van der Waals surface area (Å²) in [5.41, 5.74) is 8.10. The maximum atomic E-state index is 6.12. The van der Waals surface area contributed by atoms with Crippen molar-refractivity contribution in [1.82, 2.24) is 4.98 Å². The fourth-order valence-corrected chi connectivity index (χ4v) is 3.96. The van der Waals surface area contributed by atoms with E-state index in [1.807, 2.05) is 13.0 Å². The number of methoxy groups -OCH3 is 1. The van der Waals surface area contributed by atoms with Gasteiger partial charge in [-0.2, -0.15) is 0 Å². The molecule has 30 heavy (non-hydrogen) atoms. The number of hydrogen-bond donors (Lipinski definition) is 0. The zero-order valence-corrected chi connectivity index (χ0v) is 18.9. The highest BCUT2D eigenvalue weighted by molar-refractivity contribution is 5.70. The number of nitrogens with zero attached hydrogens (tertiary/aromatic N) is 1. The van der Waals surface area contributed by atoms with Crippen LogP contribution in [-0.4, -0.2) is 12.1 Å². The Morgan fingerprint density at radius 3 is 2.23 bits per heavy atom. The number of benzene rings is 2. The molecule has 3 rings (SSSR count). The van der Waals surface area contributed by atoms with Gasteiger partial charge in [0.05, 0.1) is 18.4 Å². The third-order valence-corrected chi connectivity index (χ3v) is 5.59. The summed E-state index contributed by atoms with van der Waals surface area (Å²) in [6.45, 7) is 9.05. The first-order chi connectivity index (χ1) is 14.6. The van der Waals surface area contributed by atoms with Crippen molar-refractivity contribution >= 4 is 0 Å². The van der Waals surface area contributed by atoms with Crippen molar-refractivity contribution in [3.05, 3.63) is 76.5 Å². The third-order valence-electron chi connectivity index (χ3n) is 5.59. The average molecular weight is 404 g/mol. The van der Waals surface area contributed by atoms with Gasteiger partial charge in [0, 0.05) is 17.3 Å². The number of rotatable bonds is 9. The van der Waals surface area contributed by atoms with Crippen molar-refractivity contribution in [2.24, 2.45) is 0 Å². The predicted octanol–water partition coefficient (Wildman–Crippen LogP) is 6.72. The Balaban J connectivity index is 1.93. The fraction of sp³-hybridized carbons (Fsp3) is 0.370. The van der Waals surface area contributed by atoms with Crippen LogP contribution in [0.4, 0.5) is 0 Å². The van der Waals surface area contributed by atoms with Crippen molar-refractivity contribution in [2.45, 2.75) is 60.0 Å². The van der Waals surface area contributed by atoms with Crippen LogP contribution >= 0.6 is 0 Å². The molecule has 158 valence electrons. The van der Waals surface area contributed by atoms with Crippen LogP contribution in [-0.2, 0) is 25.9 Å². The molecule has 0 saturated carbocycles. The number of pyridine rings is 1. The van der Waals surface area contributed by atoms with E-state index >= 15 is 0 Å². The lowest BCUT2D eigenvalue weighted by Crippen LogP contribution is -2.05. The molecule has 3 nitrogen and oxygen atoms in total. The molecule has 3 aromatic rings. The molecule has 0 aliphatic carbocycles. The third kappa shape index (κ3) is 4.84. The molecule has 0 amide bonds. The minimum absolute atomic E-state index is 0.438. The van der Waals surface area contributed by atoms with Crippen LogP contribution in [0.3, 0.4) is 0 Å². The highest BCUT2D eigenvalue weighted by atomic mass is 16.5. The Labute approximate surface area is 181 Å². The highest BCUT2D eigenvalue weighted by Crippen LogP contribution is 2.33. The summed E-state index contributed by atoms with van der Waals surface area (Å²) >= 11 is 0. The van der Waals surface area contributed by atoms with Crippen LogP contribution in [0.5, 0.6) is 11.5 Å². The molecular weight excluding hydrogens is 370 g/mol. The van der Waals surface area contributed by atoms with Gasteiger partial charge in [-0.05, 0) is 55.0 Å². The molecule has 0 spiro atoms. The summed E-state index contributed by atoms with van der Waals surface area (Å²) in [5.74, 6) is 1.71. The van der Waals surface area contributed by atoms with E-state index in [0.29, 0.717) is 6.61 Å². The molecule has 0 atom stereocenters. The topological polar surface area (TPSA) is 31.4 Å². The molecule has 0 aliphatic rings. The molecular formula is C27H33NO2. The maximum absolute atomic E-state index is 6.12. The Morgan fingerprint density at radius 1 is 0.900 bits per heavy atom. The molecule has 0 N–H and O–H groups in total. The first kappa shape index (κ1) is 21.9. The first-order valence-corrected chi connectivity index (χ1v) is 11.0. The summed E-state index contributed by atoms with van der Waals surface area (Å²) in [6.07, 6.45) is 4.14. The molecule has 2 aromatic carbocycles. The summed E-state index contributed by atoms with van der Waals surface area (Å²) in [5, 5.41) is 0. The normalized spacial score (nSPS) is 10.8. The highest BCUT2D eigenvalue weighted by Gasteiger charge is 2.16. The van der Waals surface area contributed by atoms with E-state index in [-0.39, 0.29) is 0 Å². The molecule has 3 heteroatoms. The Kier molecular flexibility index (Phi) is 7.51. The summed E-state index contributed by atoms with van der Waals surface area (Å²) in [7, 11) is 1.72. The van der Waals surface area contributed by atoms with E-state index in [2.05, 4.69) is 63.2 Å². The second kappa shape index (κ2) is 10.3. The van der Waals surface area contributed by atoms with Crippen LogP contribution in [0.2, 0.25) is 0 Å². The zero-order valence-electron chi connectivity index (χ0n) is 18.9. The Hall–Kier alpha value is -2.81. The van der Waals surface area contributed by atoms with Crippen LogP contribution in [0, 0.1) is 6.92 Å². The minimum atomic E-state index is 0.438. The van der Waals surface area contributed by atoms with Crippen molar-refractivity contribution < 1.29 is 9.47 Å². The number of aromatic nitrogens is 1. The van der Waals surface area contributed by atoms with E-state index < -0.39 is 0 Å². The predicted molar refractivity (Wildman–Crippen MR) is 124 cm³/mol. The van der Waals surface area contributed by atoms with Gasteiger partial charge in [0.25, 0.3) is 0 Å². The first-order valence-electron chi connectivity index (χ1n) is 11.0. The molecule has 0 aliphatic heterocycles. The molecule has 0 unspecified atom stereocenters. The van der Waals surface area contributed by atoms with Gasteiger partial charge >= 0.3 is 0 Å². The summed E-state index contributed by atoms with van der Waals surface area (Å²) in [6, 6.07) is 16.9. The molecule has 0 fully saturated rings. The van der Waals surface area contributed by atoms with Gasteiger partial charge in [0.1, 0.15) is 18.1 Å². The number of aryl methyl sites for hydroxylation is 4. The van der Waals surface area contributed by atoms with Crippen LogP contribution in [0.15, 0.2) is 48.5 Å². The monoisotopic (exact) mass is 403 g/mol. The minimum Gasteiger partial charge on any atom is -0.496 e. The zero-order chi connectivity index (χ0) is 21.5. The molecule has 1 heterocycles. The van der Waals surface area contributed by atoms with Gasteiger partial charge in [-0.15, -0.1) is 0 Å². The lowest BCUT2D eigenvalue weighted by atomic mass is 9.94. The van der Waals surface area contributed by atoms with Crippen molar-refractivity contribution in [2.75, 3.05) is 7.11 Å². The van der Waals surface area contributed by atoms with Crippen LogP contribution < -0.4 is 9.47 Å². The summed E-state index contributed by atoms with van der Waals surface area (Å²) < 4.78 is 11.9. The standard InChI is InChI=1S/C27H33NO2/c1-6-11-20-12-9-15-23(16-20)30-18-24-19(4)28-25(17-26(24)29-5)27-21(7-2)13-10-14-22(27)8-3/h9-10,12-17H,6-8,11,18H2,1-5H3. The second-order valence-corrected chi connectivity index (χ2v) is 7.62. The van der Waals surface area contributed by atoms with Gasteiger partial charge in [0.2, 0.25) is 0 Å². The van der Waals surface area contributed by atoms with Crippen molar-refractivity contribution in [3.63, 3.8) is 0 Å². The summed E-state index contributed by atoms with van der Waals surface area (Å²) in [4.78, 5) is 4.97. The van der Waals surface area contributed by atoms with Crippen molar-refractivity contribution in [1.29, 1.82) is 0 Å². The van der Waals surface area contributed by atoms with Gasteiger partial charge in [-0.25, -0.2) is 0 Å². The molecule has 0 bridgehead atoms. The van der Waals surface area contributed by atoms with Gasteiger partial charge in [-0.1, -0.05) is 57.5 Å². The largest absolute Gasteiger partial charge is 0.496 e. The smallest absolute Gasteiger partial charge is 0.129 e. The van der Waals surface area contributed by atoms with Gasteiger partial charge < -0.3 is 9.47 Å². The van der Waals surface area contributed by atoms with E-state index in [4.69, 9.17) is 14.5 Å². The number of hydrogen-bond acceptors (Lipinski definition) is 3. The lowest BCUT2D eigenvalue weighted by molar-refractivity contribution is 0.295. The lowest BCUT2D eigenvalue weighted by Gasteiger charge is -2.18. The Bertz CT molecular complexity index is 972. The van der Waals surface area contributed by atoms with E-state index in [1.54, 1.807) is 7.11 Å². The van der Waals surface area contributed by atoms with Crippen molar-refractivity contribution in [3.8, 4) is 22.8 Å². The van der Waals surface area contributed by atoms with E-state index in [0.717, 1.165) is 54.1 Å². The van der Waals surface area contributed by atoms with Gasteiger partial charge in [-0.3, -0.25) is 4.98 Å². The van der Waals surface area contributed by atoms with Gasteiger partial charge in [0.15, 0.2) is 0 Å². The quantitative estimate of drug-likeness (QED) is 0.397. The van der Waals surface area contributed by atoms with E-state index in [9.17, 15) is 0 Å². The molecule has 0 radical (unpaired) electrons. The fourth-order valence-electron chi connectivity index (χ4n) is 3.96. The SMILES string of the molecule is CCCc1cccc(OCc2c(OC)cc(-c3c(CC)cccc3CC)nc2C)c1. The molecule has 1 aromatic heterocycles. The maximum Gasteiger partial charge on any atom is 0.129 e. The number of ether oxygens (including phenoxy) is 2. The Morgan fingerprint density at radius 2 is 1.60 bits per heavy atom. The average Bonchev–Trinajstić information content (AvgIpc) is 2.77. The second-order valence-electron chi connectivity index (χ2n) is 7.62. The van der Waals surface area contributed by atoms with E-state index in [1.165, 1.54) is 22.3 Å².